The summed E-state index contributed by atoms with van der Waals surface area (Å²) in [5.41, 5.74) is 3.11. The van der Waals surface area contributed by atoms with Crippen LogP contribution in [0.15, 0.2) is 46.6 Å². The zero-order valence-electron chi connectivity index (χ0n) is 20.1. The summed E-state index contributed by atoms with van der Waals surface area (Å²) in [6.07, 6.45) is 1.15. The van der Waals surface area contributed by atoms with E-state index in [0.717, 1.165) is 32.5 Å². The van der Waals surface area contributed by atoms with Crippen molar-refractivity contribution in [1.82, 2.24) is 14.5 Å². The van der Waals surface area contributed by atoms with E-state index < -0.39 is 5.82 Å². The molecule has 36 heavy (non-hydrogen) atoms. The molecule has 0 radical (unpaired) electrons. The van der Waals surface area contributed by atoms with Gasteiger partial charge >= 0.3 is 5.69 Å². The second-order valence-corrected chi connectivity index (χ2v) is 10.4. The van der Waals surface area contributed by atoms with Gasteiger partial charge in [0.05, 0.1) is 23.2 Å². The molecule has 1 amide bonds. The zero-order valence-corrected chi connectivity index (χ0v) is 21.7. The Bertz CT molecular complexity index is 1440. The fraction of sp³-hybridized carbons (Fsp3) is 0.346. The molecule has 188 valence electrons. The number of carbonyl (C=O) groups is 1. The number of thioether (sulfide) groups is 1. The average Bonchev–Trinajstić information content (AvgIpc) is 3.08. The van der Waals surface area contributed by atoms with Gasteiger partial charge in [-0.3, -0.25) is 9.36 Å². The number of rotatable bonds is 4. The Kier molecular flexibility index (Phi) is 6.80. The number of hydrogen-bond acceptors (Lipinski definition) is 6. The molecule has 5 rings (SSSR count). The van der Waals surface area contributed by atoms with Crippen molar-refractivity contribution in [3.63, 3.8) is 0 Å². The maximum absolute atomic E-state index is 14.0. The Morgan fingerprint density at radius 1 is 1.28 bits per heavy atom. The number of hydrogen-bond donors (Lipinski definition) is 0. The Labute approximate surface area is 217 Å². The monoisotopic (exact) mass is 528 g/mol. The van der Waals surface area contributed by atoms with Crippen molar-refractivity contribution in [2.45, 2.75) is 24.5 Å². The van der Waals surface area contributed by atoms with Crippen molar-refractivity contribution in [3.8, 4) is 11.1 Å². The molecule has 1 saturated heterocycles. The van der Waals surface area contributed by atoms with Crippen LogP contribution < -0.4 is 10.6 Å². The highest BCUT2D eigenvalue weighted by molar-refractivity contribution is 7.99. The molecule has 2 aliphatic rings. The van der Waals surface area contributed by atoms with Crippen LogP contribution in [-0.2, 0) is 16.1 Å². The van der Waals surface area contributed by atoms with Crippen molar-refractivity contribution < 1.29 is 13.9 Å². The van der Waals surface area contributed by atoms with Gasteiger partial charge in [-0.25, -0.2) is 9.18 Å². The molecule has 2 aromatic carbocycles. The summed E-state index contributed by atoms with van der Waals surface area (Å²) in [7, 11) is 1.64. The Hall–Kier alpha value is -2.88. The number of amides is 1. The van der Waals surface area contributed by atoms with Crippen molar-refractivity contribution in [2.75, 3.05) is 43.9 Å². The van der Waals surface area contributed by atoms with E-state index >= 15 is 0 Å². The minimum absolute atomic E-state index is 0.0485. The van der Waals surface area contributed by atoms with Gasteiger partial charge < -0.3 is 14.5 Å². The van der Waals surface area contributed by atoms with Gasteiger partial charge in [-0.15, -0.1) is 11.8 Å². The predicted molar refractivity (Wildman–Crippen MR) is 142 cm³/mol. The van der Waals surface area contributed by atoms with Crippen molar-refractivity contribution in [1.29, 1.82) is 0 Å². The second kappa shape index (κ2) is 9.88. The number of ether oxygens (including phenoxy) is 1. The molecule has 0 saturated carbocycles. The molecule has 0 N–H and O–H groups in total. The number of aryl methyl sites for hydroxylation is 1. The highest BCUT2D eigenvalue weighted by Crippen LogP contribution is 2.44. The fourth-order valence-electron chi connectivity index (χ4n) is 4.93. The average molecular weight is 529 g/mol. The molecule has 1 fully saturated rings. The van der Waals surface area contributed by atoms with Gasteiger partial charge in [-0.1, -0.05) is 24.2 Å². The molecule has 3 heterocycles. The van der Waals surface area contributed by atoms with E-state index in [1.54, 1.807) is 40.5 Å². The van der Waals surface area contributed by atoms with Gasteiger partial charge in [-0.2, -0.15) is 4.98 Å². The molecule has 7 nitrogen and oxygen atoms in total. The first kappa shape index (κ1) is 24.8. The summed E-state index contributed by atoms with van der Waals surface area (Å²) in [6, 6.07) is 6.74. The fourth-order valence-corrected chi connectivity index (χ4v) is 6.48. The molecular formula is C26H26ClFN4O3S. The van der Waals surface area contributed by atoms with Gasteiger partial charge in [0, 0.05) is 54.9 Å². The summed E-state index contributed by atoms with van der Waals surface area (Å²) in [5.74, 6) is 0.683. The van der Waals surface area contributed by atoms with Crippen LogP contribution in [0.4, 0.5) is 10.2 Å². The summed E-state index contributed by atoms with van der Waals surface area (Å²) in [4.78, 5) is 34.7. The second-order valence-electron chi connectivity index (χ2n) is 8.94. The van der Waals surface area contributed by atoms with E-state index in [9.17, 15) is 14.0 Å². The third-order valence-corrected chi connectivity index (χ3v) is 8.32. The highest BCUT2D eigenvalue weighted by atomic mass is 35.5. The number of nitrogens with zero attached hydrogens (tertiary/aromatic N) is 4. The molecule has 2 aliphatic heterocycles. The molecule has 3 aromatic rings. The standard InChI is InChI=1S/C26H26ClFN4O3S/c1-4-21(33)30-7-9-31(10-8-30)25-18-11-15(2)22(16-5-6-20(28)19(27)12-16)24-23(18)32(26(34)29-25)13-17(35-3)14-36-24/h4-6,11-12,17H,1,7-10,13-14H2,2-3H3. The van der Waals surface area contributed by atoms with Gasteiger partial charge in [0.25, 0.3) is 0 Å². The van der Waals surface area contributed by atoms with Crippen molar-refractivity contribution in [3.05, 3.63) is 63.8 Å². The smallest absolute Gasteiger partial charge is 0.350 e. The predicted octanol–water partition coefficient (Wildman–Crippen LogP) is 4.12. The Morgan fingerprint density at radius 3 is 2.69 bits per heavy atom. The number of carbonyl (C=O) groups excluding carboxylic acids is 1. The van der Waals surface area contributed by atoms with Crippen molar-refractivity contribution in [2.24, 2.45) is 0 Å². The number of piperazine rings is 1. The summed E-state index contributed by atoms with van der Waals surface area (Å²) in [6.45, 7) is 8.12. The minimum atomic E-state index is -0.478. The van der Waals surface area contributed by atoms with E-state index in [0.29, 0.717) is 44.3 Å². The largest absolute Gasteiger partial charge is 0.379 e. The van der Waals surface area contributed by atoms with E-state index in [2.05, 4.69) is 16.5 Å². The molecule has 1 aromatic heterocycles. The van der Waals surface area contributed by atoms with E-state index in [1.807, 2.05) is 13.0 Å². The van der Waals surface area contributed by atoms with Crippen LogP contribution in [0.25, 0.3) is 22.0 Å². The lowest BCUT2D eigenvalue weighted by atomic mass is 9.97. The lowest BCUT2D eigenvalue weighted by molar-refractivity contribution is -0.126. The lowest BCUT2D eigenvalue weighted by Gasteiger charge is -2.35. The van der Waals surface area contributed by atoms with Crippen molar-refractivity contribution >= 4 is 46.0 Å². The molecule has 0 aliphatic carbocycles. The van der Waals surface area contributed by atoms with Crippen LogP contribution in [0.3, 0.4) is 0 Å². The Balaban J connectivity index is 1.71. The molecule has 1 atom stereocenters. The number of benzene rings is 2. The molecule has 0 spiro atoms. The first-order valence-corrected chi connectivity index (χ1v) is 13.0. The lowest BCUT2D eigenvalue weighted by Crippen LogP contribution is -2.49. The van der Waals surface area contributed by atoms with Crippen LogP contribution in [0.5, 0.6) is 0 Å². The third-order valence-electron chi connectivity index (χ3n) is 6.80. The summed E-state index contributed by atoms with van der Waals surface area (Å²) < 4.78 is 21.3. The van der Waals surface area contributed by atoms with Crippen LogP contribution in [0, 0.1) is 12.7 Å². The zero-order chi connectivity index (χ0) is 25.6. The maximum atomic E-state index is 14.0. The number of methoxy groups -OCH3 is 1. The SMILES string of the molecule is C=CC(=O)N1CCN(c2nc(=O)n3c4c(c(-c5ccc(F)c(Cl)c5)c(C)cc24)SCC(OC)C3)CC1. The van der Waals surface area contributed by atoms with Gasteiger partial charge in [0.15, 0.2) is 0 Å². The van der Waals surface area contributed by atoms with Crippen LogP contribution in [-0.4, -0.2) is 65.5 Å². The van der Waals surface area contributed by atoms with Crippen LogP contribution >= 0.6 is 23.4 Å². The van der Waals surface area contributed by atoms with E-state index in [1.165, 1.54) is 12.1 Å². The summed E-state index contributed by atoms with van der Waals surface area (Å²) in [5, 5.41) is 0.916. The quantitative estimate of drug-likeness (QED) is 0.475. The molecule has 0 bridgehead atoms. The highest BCUT2D eigenvalue weighted by Gasteiger charge is 2.29. The van der Waals surface area contributed by atoms with Gasteiger partial charge in [-0.05, 0) is 42.3 Å². The summed E-state index contributed by atoms with van der Waals surface area (Å²) >= 11 is 7.76. The third kappa shape index (κ3) is 4.29. The normalized spacial score (nSPS) is 17.8. The minimum Gasteiger partial charge on any atom is -0.379 e. The molecule has 1 unspecified atom stereocenters. The Morgan fingerprint density at radius 2 is 2.03 bits per heavy atom. The maximum Gasteiger partial charge on any atom is 0.350 e. The van der Waals surface area contributed by atoms with E-state index in [4.69, 9.17) is 16.3 Å². The number of aromatic nitrogens is 2. The number of anilines is 1. The van der Waals surface area contributed by atoms with Gasteiger partial charge in [0.2, 0.25) is 5.91 Å². The molecular weight excluding hydrogens is 503 g/mol. The number of halogens is 2. The van der Waals surface area contributed by atoms with Gasteiger partial charge in [0.1, 0.15) is 11.6 Å². The van der Waals surface area contributed by atoms with Crippen LogP contribution in [0.2, 0.25) is 5.02 Å². The topological polar surface area (TPSA) is 67.7 Å². The molecule has 10 heteroatoms. The van der Waals surface area contributed by atoms with E-state index in [-0.39, 0.29) is 22.7 Å². The first-order valence-electron chi connectivity index (χ1n) is 11.7. The van der Waals surface area contributed by atoms with Crippen LogP contribution in [0.1, 0.15) is 5.56 Å². The first-order chi connectivity index (χ1) is 17.3.